The molecule has 1 unspecified atom stereocenters. The third-order valence-electron chi connectivity index (χ3n) is 4.05. The molecule has 1 aliphatic rings. The molecule has 0 fully saturated rings. The molecule has 4 rings (SSSR count). The smallest absolute Gasteiger partial charge is 0.196 e. The number of rotatable bonds is 1. The highest BCUT2D eigenvalue weighted by atomic mass is 32.1. The van der Waals surface area contributed by atoms with Crippen LogP contribution in [0.25, 0.3) is 16.2 Å². The van der Waals surface area contributed by atoms with E-state index in [1.807, 2.05) is 12.1 Å². The van der Waals surface area contributed by atoms with E-state index in [-0.39, 0.29) is 0 Å². The van der Waals surface area contributed by atoms with E-state index in [1.165, 1.54) is 17.0 Å². The molecule has 0 aliphatic heterocycles. The quantitative estimate of drug-likeness (QED) is 0.746. The van der Waals surface area contributed by atoms with Crippen LogP contribution in [0.4, 0.5) is 5.82 Å². The summed E-state index contributed by atoms with van der Waals surface area (Å²) < 4.78 is 2.15. The maximum absolute atomic E-state index is 6.36. The molecule has 0 radical (unpaired) electrons. The topological polar surface area (TPSA) is 56.2 Å². The Bertz CT molecular complexity index is 772. The molecule has 3 aromatic heterocycles. The van der Waals surface area contributed by atoms with Gasteiger partial charge < -0.3 is 5.73 Å². The van der Waals surface area contributed by atoms with Crippen molar-refractivity contribution in [2.24, 2.45) is 5.92 Å². The molecule has 0 aromatic carbocycles. The third kappa shape index (κ3) is 1.66. The molecule has 4 nitrogen and oxygen atoms in total. The van der Waals surface area contributed by atoms with Crippen LogP contribution in [0.1, 0.15) is 23.9 Å². The van der Waals surface area contributed by atoms with Crippen LogP contribution in [0.3, 0.4) is 0 Å². The number of aryl methyl sites for hydroxylation is 1. The van der Waals surface area contributed by atoms with Gasteiger partial charge >= 0.3 is 0 Å². The van der Waals surface area contributed by atoms with Gasteiger partial charge in [0.05, 0.1) is 0 Å². The first-order valence-corrected chi connectivity index (χ1v) is 7.74. The van der Waals surface area contributed by atoms with Gasteiger partial charge in [0.2, 0.25) is 0 Å². The van der Waals surface area contributed by atoms with Gasteiger partial charge in [0, 0.05) is 28.5 Å². The summed E-state index contributed by atoms with van der Waals surface area (Å²) >= 11 is 1.79. The fourth-order valence-corrected chi connectivity index (χ4v) is 4.31. The predicted octanol–water partition coefficient (Wildman–Crippen LogP) is 3.16. The van der Waals surface area contributed by atoms with E-state index >= 15 is 0 Å². The molecular formula is C15H16N4S. The monoisotopic (exact) mass is 284 g/mol. The molecule has 0 saturated heterocycles. The van der Waals surface area contributed by atoms with Gasteiger partial charge in [-0.05, 0) is 37.3 Å². The first kappa shape index (κ1) is 11.9. The molecule has 0 bridgehead atoms. The largest absolute Gasteiger partial charge is 0.383 e. The number of hydrogen-bond donors (Lipinski definition) is 1. The fraction of sp³-hybridized carbons (Fsp3) is 0.333. The van der Waals surface area contributed by atoms with E-state index in [0.717, 1.165) is 40.8 Å². The first-order valence-electron chi connectivity index (χ1n) is 6.93. The Morgan fingerprint density at radius 1 is 1.35 bits per heavy atom. The van der Waals surface area contributed by atoms with Crippen molar-refractivity contribution in [2.75, 3.05) is 5.73 Å². The normalized spacial score (nSPS) is 18.4. The molecule has 0 amide bonds. The molecule has 1 atom stereocenters. The van der Waals surface area contributed by atoms with Gasteiger partial charge in [0.15, 0.2) is 4.96 Å². The number of pyridine rings is 1. The number of nitrogens with two attached hydrogens (primary N) is 1. The SMILES string of the molecule is CC1CCc2c(sc3nc(-c4ccncc4)c(N)n23)C1. The number of thiazole rings is 1. The Labute approximate surface area is 121 Å². The summed E-state index contributed by atoms with van der Waals surface area (Å²) in [7, 11) is 0. The van der Waals surface area contributed by atoms with Crippen LogP contribution in [-0.2, 0) is 12.8 Å². The molecule has 5 heteroatoms. The summed E-state index contributed by atoms with van der Waals surface area (Å²) in [6.07, 6.45) is 7.06. The zero-order valence-corrected chi connectivity index (χ0v) is 12.2. The third-order valence-corrected chi connectivity index (χ3v) is 5.16. The van der Waals surface area contributed by atoms with E-state index < -0.39 is 0 Å². The second-order valence-corrected chi connectivity index (χ2v) is 6.58. The Hall–Kier alpha value is -1.88. The zero-order valence-electron chi connectivity index (χ0n) is 11.3. The fourth-order valence-electron chi connectivity index (χ4n) is 2.97. The summed E-state index contributed by atoms with van der Waals surface area (Å²) in [5.41, 5.74) is 9.64. The van der Waals surface area contributed by atoms with Gasteiger partial charge in [-0.15, -0.1) is 11.3 Å². The van der Waals surface area contributed by atoms with Gasteiger partial charge in [-0.25, -0.2) is 4.98 Å². The summed E-state index contributed by atoms with van der Waals surface area (Å²) in [5, 5.41) is 0. The average molecular weight is 284 g/mol. The van der Waals surface area contributed by atoms with Crippen molar-refractivity contribution in [3.8, 4) is 11.3 Å². The molecule has 0 spiro atoms. The van der Waals surface area contributed by atoms with Crippen molar-refractivity contribution in [3.63, 3.8) is 0 Å². The van der Waals surface area contributed by atoms with Gasteiger partial charge in [0.1, 0.15) is 11.5 Å². The molecule has 2 N–H and O–H groups in total. The predicted molar refractivity (Wildman–Crippen MR) is 81.9 cm³/mol. The van der Waals surface area contributed by atoms with Crippen molar-refractivity contribution >= 4 is 22.1 Å². The minimum atomic E-state index is 0.762. The van der Waals surface area contributed by atoms with E-state index in [4.69, 9.17) is 10.7 Å². The maximum atomic E-state index is 6.36. The van der Waals surface area contributed by atoms with Gasteiger partial charge in [-0.3, -0.25) is 9.38 Å². The van der Waals surface area contributed by atoms with E-state index in [0.29, 0.717) is 0 Å². The second kappa shape index (κ2) is 4.31. The Kier molecular flexibility index (Phi) is 2.57. The van der Waals surface area contributed by atoms with E-state index in [9.17, 15) is 0 Å². The lowest BCUT2D eigenvalue weighted by Crippen LogP contribution is -2.11. The van der Waals surface area contributed by atoms with E-state index in [1.54, 1.807) is 23.7 Å². The number of nitrogens with zero attached hydrogens (tertiary/aromatic N) is 3. The zero-order chi connectivity index (χ0) is 13.7. The lowest BCUT2D eigenvalue weighted by molar-refractivity contribution is 0.499. The Balaban J connectivity index is 1.91. The maximum Gasteiger partial charge on any atom is 0.196 e. The van der Waals surface area contributed by atoms with E-state index in [2.05, 4.69) is 16.3 Å². The molecule has 1 aliphatic carbocycles. The summed E-state index contributed by atoms with van der Waals surface area (Å²) in [5.74, 6) is 1.53. The Morgan fingerprint density at radius 2 is 2.15 bits per heavy atom. The highest BCUT2D eigenvalue weighted by Gasteiger charge is 2.24. The lowest BCUT2D eigenvalue weighted by Gasteiger charge is -2.17. The highest BCUT2D eigenvalue weighted by Crippen LogP contribution is 2.37. The molecule has 102 valence electrons. The number of fused-ring (bicyclic) bond motifs is 3. The van der Waals surface area contributed by atoms with Crippen LogP contribution in [0.2, 0.25) is 0 Å². The summed E-state index contributed by atoms with van der Waals surface area (Å²) in [4.78, 5) is 11.3. The standard InChI is InChI=1S/C15H16N4S/c1-9-2-3-11-12(8-9)20-15-18-13(14(16)19(11)15)10-4-6-17-7-5-10/h4-7,9H,2-3,8,16H2,1H3. The summed E-state index contributed by atoms with van der Waals surface area (Å²) in [6, 6.07) is 3.91. The minimum Gasteiger partial charge on any atom is -0.383 e. The van der Waals surface area contributed by atoms with Crippen LogP contribution in [0, 0.1) is 5.92 Å². The Morgan fingerprint density at radius 3 is 2.95 bits per heavy atom. The molecule has 20 heavy (non-hydrogen) atoms. The lowest BCUT2D eigenvalue weighted by atomic mass is 9.93. The number of hydrogen-bond acceptors (Lipinski definition) is 4. The van der Waals surface area contributed by atoms with Gasteiger partial charge in [-0.1, -0.05) is 6.92 Å². The van der Waals surface area contributed by atoms with Crippen molar-refractivity contribution < 1.29 is 0 Å². The van der Waals surface area contributed by atoms with Crippen LogP contribution in [-0.4, -0.2) is 14.4 Å². The van der Waals surface area contributed by atoms with Crippen LogP contribution in [0.15, 0.2) is 24.5 Å². The van der Waals surface area contributed by atoms with Gasteiger partial charge in [0.25, 0.3) is 0 Å². The second-order valence-electron chi connectivity index (χ2n) is 5.52. The number of aromatic nitrogens is 3. The first-order chi connectivity index (χ1) is 9.74. The van der Waals surface area contributed by atoms with Crippen molar-refractivity contribution in [2.45, 2.75) is 26.2 Å². The van der Waals surface area contributed by atoms with Crippen LogP contribution < -0.4 is 5.73 Å². The van der Waals surface area contributed by atoms with Crippen molar-refractivity contribution in [1.82, 2.24) is 14.4 Å². The van der Waals surface area contributed by atoms with Crippen molar-refractivity contribution in [1.29, 1.82) is 0 Å². The molecule has 0 saturated carbocycles. The van der Waals surface area contributed by atoms with Gasteiger partial charge in [-0.2, -0.15) is 0 Å². The highest BCUT2D eigenvalue weighted by molar-refractivity contribution is 7.17. The van der Waals surface area contributed by atoms with Crippen molar-refractivity contribution in [3.05, 3.63) is 35.1 Å². The number of imidazole rings is 1. The average Bonchev–Trinajstić information content (AvgIpc) is 2.96. The number of anilines is 1. The van der Waals surface area contributed by atoms with Crippen LogP contribution >= 0.6 is 11.3 Å². The molecule has 3 heterocycles. The van der Waals surface area contributed by atoms with Crippen LogP contribution in [0.5, 0.6) is 0 Å². The molecule has 3 aromatic rings. The minimum absolute atomic E-state index is 0.762. The summed E-state index contributed by atoms with van der Waals surface area (Å²) in [6.45, 7) is 2.32. The molecular weight excluding hydrogens is 268 g/mol. The number of nitrogen functional groups attached to an aromatic ring is 1.